The average Bonchev–Trinajstić information content (AvgIpc) is 3.04. The summed E-state index contributed by atoms with van der Waals surface area (Å²) in [5.74, 6) is 0.0729. The third-order valence-electron chi connectivity index (χ3n) is 5.83. The van der Waals surface area contributed by atoms with Crippen molar-refractivity contribution in [3.8, 4) is 11.5 Å². The Balaban J connectivity index is 1.32. The second kappa shape index (κ2) is 10.3. The van der Waals surface area contributed by atoms with Gasteiger partial charge in [0.1, 0.15) is 5.75 Å². The van der Waals surface area contributed by atoms with Gasteiger partial charge in [0.15, 0.2) is 11.5 Å². The largest absolute Gasteiger partial charge is 0.490 e. The Morgan fingerprint density at radius 2 is 1.67 bits per heavy atom. The van der Waals surface area contributed by atoms with Gasteiger partial charge in [-0.3, -0.25) is 9.52 Å². The SMILES string of the molecule is CC(NC(=O)CS(=O)(=O)Nc1ccc(N2CCCCC2)cc1)c1ccc2c(c1)OCCCO2. The third-order valence-corrected chi connectivity index (χ3v) is 7.02. The van der Waals surface area contributed by atoms with Crippen LogP contribution in [0.1, 0.15) is 44.2 Å². The molecule has 1 fully saturated rings. The minimum absolute atomic E-state index is 0.381. The van der Waals surface area contributed by atoms with Crippen LogP contribution in [0.15, 0.2) is 42.5 Å². The van der Waals surface area contributed by atoms with E-state index in [1.807, 2.05) is 30.3 Å². The van der Waals surface area contributed by atoms with Gasteiger partial charge in [0.25, 0.3) is 0 Å². The van der Waals surface area contributed by atoms with Crippen molar-refractivity contribution in [2.75, 3.05) is 41.7 Å². The zero-order valence-electron chi connectivity index (χ0n) is 18.9. The minimum Gasteiger partial charge on any atom is -0.490 e. The van der Waals surface area contributed by atoms with Gasteiger partial charge < -0.3 is 19.7 Å². The second-order valence-corrected chi connectivity index (χ2v) is 10.2. The predicted octanol–water partition coefficient (Wildman–Crippen LogP) is 3.46. The van der Waals surface area contributed by atoms with Crippen LogP contribution in [-0.4, -0.2) is 46.4 Å². The van der Waals surface area contributed by atoms with Gasteiger partial charge in [-0.15, -0.1) is 0 Å². The number of carbonyl (C=O) groups is 1. The molecular formula is C24H31N3O5S. The molecule has 0 radical (unpaired) electrons. The fraction of sp³-hybridized carbons (Fsp3) is 0.458. The van der Waals surface area contributed by atoms with E-state index in [9.17, 15) is 13.2 Å². The number of piperidine rings is 1. The summed E-state index contributed by atoms with van der Waals surface area (Å²) in [6.45, 7) is 5.01. The number of ether oxygens (including phenoxy) is 2. The Bertz CT molecular complexity index is 1070. The standard InChI is InChI=1S/C24H31N3O5S/c1-18(19-6-11-22-23(16-19)32-15-5-14-31-22)25-24(28)17-33(29,30)26-20-7-9-21(10-8-20)27-12-3-2-4-13-27/h6-11,16,18,26H,2-5,12-15,17H2,1H3,(H,25,28). The lowest BCUT2D eigenvalue weighted by atomic mass is 10.1. The molecule has 1 unspecified atom stereocenters. The van der Waals surface area contributed by atoms with Gasteiger partial charge in [0.05, 0.1) is 19.3 Å². The first-order chi connectivity index (χ1) is 15.9. The fourth-order valence-corrected chi connectivity index (χ4v) is 5.09. The molecule has 178 valence electrons. The smallest absolute Gasteiger partial charge is 0.241 e. The number of rotatable bonds is 7. The lowest BCUT2D eigenvalue weighted by molar-refractivity contribution is -0.119. The number of anilines is 2. The molecule has 1 atom stereocenters. The molecule has 2 N–H and O–H groups in total. The van der Waals surface area contributed by atoms with Crippen molar-refractivity contribution in [3.05, 3.63) is 48.0 Å². The van der Waals surface area contributed by atoms with E-state index in [2.05, 4.69) is 14.9 Å². The number of sulfonamides is 1. The number of fused-ring (bicyclic) bond motifs is 1. The van der Waals surface area contributed by atoms with Crippen LogP contribution in [0.2, 0.25) is 0 Å². The maximum absolute atomic E-state index is 12.5. The van der Waals surface area contributed by atoms with E-state index >= 15 is 0 Å². The highest BCUT2D eigenvalue weighted by molar-refractivity contribution is 7.93. The van der Waals surface area contributed by atoms with Crippen LogP contribution in [0.3, 0.4) is 0 Å². The fourth-order valence-electron chi connectivity index (χ4n) is 4.10. The maximum atomic E-state index is 12.5. The van der Waals surface area contributed by atoms with Crippen molar-refractivity contribution < 1.29 is 22.7 Å². The van der Waals surface area contributed by atoms with Gasteiger partial charge in [-0.05, 0) is 68.1 Å². The van der Waals surface area contributed by atoms with Crippen LogP contribution in [-0.2, 0) is 14.8 Å². The predicted molar refractivity (Wildman–Crippen MR) is 129 cm³/mol. The Labute approximate surface area is 195 Å². The van der Waals surface area contributed by atoms with Gasteiger partial charge >= 0.3 is 0 Å². The first-order valence-electron chi connectivity index (χ1n) is 11.4. The maximum Gasteiger partial charge on any atom is 0.241 e. The van der Waals surface area contributed by atoms with Crippen LogP contribution < -0.4 is 24.4 Å². The average molecular weight is 474 g/mol. The summed E-state index contributed by atoms with van der Waals surface area (Å²) < 4.78 is 38.9. The zero-order valence-corrected chi connectivity index (χ0v) is 19.7. The van der Waals surface area contributed by atoms with E-state index in [0.29, 0.717) is 30.4 Å². The molecule has 0 saturated carbocycles. The molecule has 2 heterocycles. The number of amides is 1. The summed E-state index contributed by atoms with van der Waals surface area (Å²) in [4.78, 5) is 14.7. The monoisotopic (exact) mass is 473 g/mol. The molecule has 0 spiro atoms. The first kappa shape index (κ1) is 23.2. The van der Waals surface area contributed by atoms with Gasteiger partial charge in [-0.1, -0.05) is 6.07 Å². The van der Waals surface area contributed by atoms with Crippen molar-refractivity contribution in [2.45, 2.75) is 38.6 Å². The summed E-state index contributed by atoms with van der Waals surface area (Å²) in [6, 6.07) is 12.4. The van der Waals surface area contributed by atoms with Crippen LogP contribution >= 0.6 is 0 Å². The summed E-state index contributed by atoms with van der Waals surface area (Å²) in [5, 5.41) is 2.75. The van der Waals surface area contributed by atoms with Crippen molar-refractivity contribution in [2.24, 2.45) is 0 Å². The Morgan fingerprint density at radius 3 is 2.39 bits per heavy atom. The highest BCUT2D eigenvalue weighted by Crippen LogP contribution is 2.32. The Hall–Kier alpha value is -2.94. The number of benzene rings is 2. The van der Waals surface area contributed by atoms with E-state index in [0.717, 1.165) is 30.8 Å². The minimum atomic E-state index is -3.84. The van der Waals surface area contributed by atoms with Crippen LogP contribution in [0.25, 0.3) is 0 Å². The van der Waals surface area contributed by atoms with Crippen LogP contribution in [0.4, 0.5) is 11.4 Å². The molecule has 0 bridgehead atoms. The molecule has 0 aliphatic carbocycles. The molecule has 8 nitrogen and oxygen atoms in total. The lowest BCUT2D eigenvalue weighted by Gasteiger charge is -2.28. The number of hydrogen-bond acceptors (Lipinski definition) is 6. The lowest BCUT2D eigenvalue weighted by Crippen LogP contribution is -2.34. The molecule has 2 aromatic carbocycles. The normalized spacial score (nSPS) is 17.1. The highest BCUT2D eigenvalue weighted by Gasteiger charge is 2.20. The van der Waals surface area contributed by atoms with Crippen LogP contribution in [0, 0.1) is 0 Å². The molecule has 33 heavy (non-hydrogen) atoms. The molecule has 1 saturated heterocycles. The van der Waals surface area contributed by atoms with Crippen molar-refractivity contribution in [1.82, 2.24) is 5.32 Å². The quantitative estimate of drug-likeness (QED) is 0.639. The number of nitrogens with one attached hydrogen (secondary N) is 2. The van der Waals surface area contributed by atoms with E-state index in [1.165, 1.54) is 19.3 Å². The molecule has 9 heteroatoms. The molecule has 2 aliphatic rings. The zero-order chi connectivity index (χ0) is 23.3. The Kier molecular flexibility index (Phi) is 7.27. The summed E-state index contributed by atoms with van der Waals surface area (Å²) in [7, 11) is -3.84. The van der Waals surface area contributed by atoms with Crippen molar-refractivity contribution in [3.63, 3.8) is 0 Å². The number of nitrogens with zero attached hydrogens (tertiary/aromatic N) is 1. The van der Waals surface area contributed by atoms with Crippen molar-refractivity contribution >= 4 is 27.3 Å². The summed E-state index contributed by atoms with van der Waals surface area (Å²) >= 11 is 0. The summed E-state index contributed by atoms with van der Waals surface area (Å²) in [6.07, 6.45) is 4.41. The Morgan fingerprint density at radius 1 is 0.970 bits per heavy atom. The van der Waals surface area contributed by atoms with Gasteiger partial charge in [-0.2, -0.15) is 0 Å². The highest BCUT2D eigenvalue weighted by atomic mass is 32.2. The third kappa shape index (κ3) is 6.31. The van der Waals surface area contributed by atoms with E-state index < -0.39 is 21.7 Å². The van der Waals surface area contributed by atoms with Gasteiger partial charge in [-0.25, -0.2) is 8.42 Å². The molecule has 2 aliphatic heterocycles. The molecule has 0 aromatic heterocycles. The van der Waals surface area contributed by atoms with Gasteiger partial charge in [0.2, 0.25) is 15.9 Å². The van der Waals surface area contributed by atoms with Crippen molar-refractivity contribution in [1.29, 1.82) is 0 Å². The van der Waals surface area contributed by atoms with Crippen LogP contribution in [0.5, 0.6) is 11.5 Å². The van der Waals surface area contributed by atoms with E-state index in [1.54, 1.807) is 19.1 Å². The summed E-state index contributed by atoms with van der Waals surface area (Å²) in [5.41, 5.74) is 2.34. The molecule has 2 aromatic rings. The topological polar surface area (TPSA) is 97.0 Å². The molecule has 1 amide bonds. The van der Waals surface area contributed by atoms with E-state index in [-0.39, 0.29) is 6.04 Å². The first-order valence-corrected chi connectivity index (χ1v) is 13.1. The van der Waals surface area contributed by atoms with E-state index in [4.69, 9.17) is 9.47 Å². The molecule has 4 rings (SSSR count). The molecular weight excluding hydrogens is 442 g/mol. The second-order valence-electron chi connectivity index (χ2n) is 8.50. The number of hydrogen-bond donors (Lipinski definition) is 2. The van der Waals surface area contributed by atoms with Gasteiger partial charge in [0, 0.05) is 30.9 Å². The number of carbonyl (C=O) groups excluding carboxylic acids is 1.